The second-order valence-electron chi connectivity index (χ2n) is 5.98. The van der Waals surface area contributed by atoms with Gasteiger partial charge in [-0.25, -0.2) is 4.98 Å². The van der Waals surface area contributed by atoms with Gasteiger partial charge in [0, 0.05) is 12.5 Å². The Morgan fingerprint density at radius 2 is 2.18 bits per heavy atom. The molecule has 9 heteroatoms. The van der Waals surface area contributed by atoms with Gasteiger partial charge in [0.2, 0.25) is 5.95 Å². The third-order valence-corrected chi connectivity index (χ3v) is 4.16. The Balaban J connectivity index is 2.13. The number of nitrogens with two attached hydrogens (primary N) is 1. The average molecular weight is 308 g/mol. The molecule has 0 spiro atoms. The fourth-order valence-electron chi connectivity index (χ4n) is 2.89. The summed E-state index contributed by atoms with van der Waals surface area (Å²) in [6, 6.07) is 0. The van der Waals surface area contributed by atoms with Crippen LogP contribution in [0.25, 0.3) is 11.2 Å². The summed E-state index contributed by atoms with van der Waals surface area (Å²) in [4.78, 5) is 12.6. The number of imidazole rings is 1. The number of nitrogen functional groups attached to an aromatic ring is 1. The number of hydrogen-bond acceptors (Lipinski definition) is 8. The quantitative estimate of drug-likeness (QED) is 0.609. The maximum absolute atomic E-state index is 10.3. The van der Waals surface area contributed by atoms with Gasteiger partial charge < -0.3 is 26.0 Å². The first-order chi connectivity index (χ1) is 10.4. The van der Waals surface area contributed by atoms with Crippen molar-refractivity contribution in [3.63, 3.8) is 0 Å². The van der Waals surface area contributed by atoms with Crippen LogP contribution in [0.3, 0.4) is 0 Å². The highest BCUT2D eigenvalue weighted by Crippen LogP contribution is 2.45. The lowest BCUT2D eigenvalue weighted by molar-refractivity contribution is -0.0492. The van der Waals surface area contributed by atoms with Crippen molar-refractivity contribution < 1.29 is 14.9 Å². The fraction of sp³-hybridized carbons (Fsp3) is 0.615. The van der Waals surface area contributed by atoms with Gasteiger partial charge in [-0.1, -0.05) is 13.8 Å². The van der Waals surface area contributed by atoms with E-state index in [1.165, 1.54) is 0 Å². The van der Waals surface area contributed by atoms with Gasteiger partial charge in [-0.15, -0.1) is 0 Å². The smallest absolute Gasteiger partial charge is 0.224 e. The van der Waals surface area contributed by atoms with E-state index in [2.05, 4.69) is 20.3 Å². The molecular formula is C13H20N6O3. The average Bonchev–Trinajstić information content (AvgIpc) is 2.98. The summed E-state index contributed by atoms with van der Waals surface area (Å²) in [6.45, 7) is 3.48. The minimum Gasteiger partial charge on any atom is -0.394 e. The molecule has 0 bridgehead atoms. The van der Waals surface area contributed by atoms with E-state index in [0.29, 0.717) is 17.0 Å². The van der Waals surface area contributed by atoms with Crippen LogP contribution in [-0.2, 0) is 4.74 Å². The molecule has 1 aliphatic rings. The molecule has 3 atom stereocenters. The molecule has 0 aliphatic carbocycles. The number of aromatic nitrogens is 4. The van der Waals surface area contributed by atoms with Crippen LogP contribution in [0, 0.1) is 5.41 Å². The predicted molar refractivity (Wildman–Crippen MR) is 80.1 cm³/mol. The molecule has 0 aromatic carbocycles. The van der Waals surface area contributed by atoms with Gasteiger partial charge in [-0.3, -0.25) is 4.57 Å². The highest BCUT2D eigenvalue weighted by Gasteiger charge is 2.51. The van der Waals surface area contributed by atoms with Crippen LogP contribution in [-0.4, -0.2) is 55.6 Å². The van der Waals surface area contributed by atoms with E-state index >= 15 is 0 Å². The van der Waals surface area contributed by atoms with E-state index in [4.69, 9.17) is 10.5 Å². The molecule has 0 saturated carbocycles. The summed E-state index contributed by atoms with van der Waals surface area (Å²) in [5, 5.41) is 22.6. The summed E-state index contributed by atoms with van der Waals surface area (Å²) in [5.74, 6) is 0.643. The number of ether oxygens (including phenoxy) is 1. The zero-order valence-electron chi connectivity index (χ0n) is 12.7. The molecule has 1 aliphatic heterocycles. The molecule has 9 nitrogen and oxygen atoms in total. The zero-order chi connectivity index (χ0) is 16.1. The van der Waals surface area contributed by atoms with Gasteiger partial charge in [-0.05, 0) is 0 Å². The van der Waals surface area contributed by atoms with Crippen LogP contribution in [0.5, 0.6) is 0 Å². The van der Waals surface area contributed by atoms with Crippen LogP contribution in [0.15, 0.2) is 6.33 Å². The lowest BCUT2D eigenvalue weighted by Gasteiger charge is -2.28. The Morgan fingerprint density at radius 3 is 2.77 bits per heavy atom. The predicted octanol–water partition coefficient (Wildman–Crippen LogP) is -0.273. The van der Waals surface area contributed by atoms with Crippen molar-refractivity contribution in [2.75, 3.05) is 24.7 Å². The number of fused-ring (bicyclic) bond motifs is 1. The molecule has 2 aromatic rings. The lowest BCUT2D eigenvalue weighted by Crippen LogP contribution is -2.35. The van der Waals surface area contributed by atoms with E-state index < -0.39 is 23.9 Å². The van der Waals surface area contributed by atoms with E-state index in [1.54, 1.807) is 17.9 Å². The number of nitrogens with zero attached hydrogens (tertiary/aromatic N) is 4. The molecular weight excluding hydrogens is 288 g/mol. The second kappa shape index (κ2) is 5.04. The topological polar surface area (TPSA) is 131 Å². The van der Waals surface area contributed by atoms with Gasteiger partial charge in [0.15, 0.2) is 17.0 Å². The van der Waals surface area contributed by atoms with Crippen molar-refractivity contribution in [3.8, 4) is 0 Å². The van der Waals surface area contributed by atoms with Crippen LogP contribution >= 0.6 is 0 Å². The maximum Gasteiger partial charge on any atom is 0.224 e. The van der Waals surface area contributed by atoms with E-state index in [9.17, 15) is 10.2 Å². The van der Waals surface area contributed by atoms with Crippen molar-refractivity contribution >= 4 is 22.9 Å². The van der Waals surface area contributed by atoms with Crippen molar-refractivity contribution in [3.05, 3.63) is 6.33 Å². The normalized spacial score (nSPS) is 27.4. The van der Waals surface area contributed by atoms with Gasteiger partial charge in [-0.2, -0.15) is 9.97 Å². The monoisotopic (exact) mass is 308 g/mol. The molecule has 0 unspecified atom stereocenters. The third kappa shape index (κ3) is 2.01. The molecule has 2 aromatic heterocycles. The zero-order valence-corrected chi connectivity index (χ0v) is 12.7. The molecule has 1 fully saturated rings. The summed E-state index contributed by atoms with van der Waals surface area (Å²) in [6.07, 6.45) is -0.398. The van der Waals surface area contributed by atoms with Crippen LogP contribution in [0.1, 0.15) is 20.1 Å². The summed E-state index contributed by atoms with van der Waals surface area (Å²) in [7, 11) is 1.72. The van der Waals surface area contributed by atoms with Crippen LogP contribution in [0.2, 0.25) is 0 Å². The summed E-state index contributed by atoms with van der Waals surface area (Å²) >= 11 is 0. The molecule has 0 radical (unpaired) electrons. The number of rotatable bonds is 3. The molecule has 1 saturated heterocycles. The third-order valence-electron chi connectivity index (χ3n) is 4.16. The minimum absolute atomic E-state index is 0.119. The summed E-state index contributed by atoms with van der Waals surface area (Å²) < 4.78 is 7.52. The van der Waals surface area contributed by atoms with Crippen molar-refractivity contribution in [2.24, 2.45) is 5.41 Å². The van der Waals surface area contributed by atoms with Gasteiger partial charge >= 0.3 is 0 Å². The molecule has 3 heterocycles. The molecule has 5 N–H and O–H groups in total. The van der Waals surface area contributed by atoms with Crippen molar-refractivity contribution in [1.29, 1.82) is 0 Å². The number of aliphatic hydroxyl groups excluding tert-OH is 2. The molecule has 120 valence electrons. The number of hydrogen-bond donors (Lipinski definition) is 4. The maximum atomic E-state index is 10.3. The van der Waals surface area contributed by atoms with E-state index in [1.807, 2.05) is 13.8 Å². The van der Waals surface area contributed by atoms with E-state index in [0.717, 1.165) is 0 Å². The molecule has 22 heavy (non-hydrogen) atoms. The van der Waals surface area contributed by atoms with Gasteiger partial charge in [0.25, 0.3) is 0 Å². The van der Waals surface area contributed by atoms with Gasteiger partial charge in [0.05, 0.1) is 19.0 Å². The fourth-order valence-corrected chi connectivity index (χ4v) is 2.89. The first-order valence-corrected chi connectivity index (χ1v) is 7.02. The van der Waals surface area contributed by atoms with Crippen LogP contribution < -0.4 is 11.1 Å². The summed E-state index contributed by atoms with van der Waals surface area (Å²) in [5.41, 5.74) is 6.20. The highest BCUT2D eigenvalue weighted by atomic mass is 16.5. The Hall–Kier alpha value is -1.97. The van der Waals surface area contributed by atoms with E-state index in [-0.39, 0.29) is 12.6 Å². The lowest BCUT2D eigenvalue weighted by atomic mass is 9.84. The number of aliphatic hydroxyl groups is 2. The Kier molecular flexibility index (Phi) is 3.42. The standard InChI is InChI=1S/C13H20N6O3/c1-13(2)8(21)6(4-20)22-11(13)19-5-16-7-9(15-3)17-12(14)18-10(7)19/h5-6,8,11,20-21H,4H2,1-3H3,(H3,14,15,17,18)/t6-,8-,11-/m1/s1. The Morgan fingerprint density at radius 1 is 1.45 bits per heavy atom. The van der Waals surface area contributed by atoms with Crippen molar-refractivity contribution in [2.45, 2.75) is 32.3 Å². The largest absolute Gasteiger partial charge is 0.394 e. The minimum atomic E-state index is -0.803. The molecule has 0 amide bonds. The van der Waals surface area contributed by atoms with Crippen molar-refractivity contribution in [1.82, 2.24) is 19.5 Å². The van der Waals surface area contributed by atoms with Crippen LogP contribution in [0.4, 0.5) is 11.8 Å². The highest BCUT2D eigenvalue weighted by molar-refractivity contribution is 5.84. The Bertz CT molecular complexity index is 700. The SMILES string of the molecule is CNc1nc(N)nc2c1ncn2[C@@H]1O[C@H](CO)[C@@H](O)C1(C)C. The first kappa shape index (κ1) is 14.9. The number of anilines is 2. The number of nitrogens with one attached hydrogen (secondary N) is 1. The second-order valence-corrected chi connectivity index (χ2v) is 5.98. The van der Waals surface area contributed by atoms with Gasteiger partial charge in [0.1, 0.15) is 12.3 Å². The molecule has 3 rings (SSSR count). The first-order valence-electron chi connectivity index (χ1n) is 7.02. The Labute approximate surface area is 127 Å².